The summed E-state index contributed by atoms with van der Waals surface area (Å²) in [5, 5.41) is 3.69. The molecule has 0 aliphatic rings. The van der Waals surface area contributed by atoms with Gasteiger partial charge in [0, 0.05) is 15.8 Å². The van der Waals surface area contributed by atoms with Crippen molar-refractivity contribution in [2.24, 2.45) is 0 Å². The second-order valence-electron chi connectivity index (χ2n) is 5.43. The molecular formula is C18H25NOS. The van der Waals surface area contributed by atoms with Gasteiger partial charge in [0.15, 0.2) is 0 Å². The third-order valence-corrected chi connectivity index (χ3v) is 4.68. The van der Waals surface area contributed by atoms with E-state index < -0.39 is 0 Å². The van der Waals surface area contributed by atoms with Crippen LogP contribution in [-0.2, 0) is 6.42 Å². The lowest BCUT2D eigenvalue weighted by atomic mass is 9.99. The minimum absolute atomic E-state index is 0.392. The molecule has 0 amide bonds. The lowest BCUT2D eigenvalue weighted by Crippen LogP contribution is -2.24. The fraction of sp³-hybridized carbons (Fsp3) is 0.444. The number of ether oxygens (including phenoxy) is 1. The summed E-state index contributed by atoms with van der Waals surface area (Å²) in [5.41, 5.74) is 2.79. The molecule has 1 unspecified atom stereocenters. The molecule has 0 saturated heterocycles. The van der Waals surface area contributed by atoms with E-state index in [-0.39, 0.29) is 0 Å². The molecule has 0 fully saturated rings. The van der Waals surface area contributed by atoms with Crippen molar-refractivity contribution in [3.8, 4) is 5.75 Å². The molecule has 0 aliphatic carbocycles. The Hall–Kier alpha value is -1.32. The van der Waals surface area contributed by atoms with Crippen LogP contribution in [0.2, 0.25) is 0 Å². The van der Waals surface area contributed by atoms with E-state index in [1.54, 1.807) is 7.11 Å². The molecule has 1 N–H and O–H groups in total. The average molecular weight is 303 g/mol. The molecule has 21 heavy (non-hydrogen) atoms. The average Bonchev–Trinajstić information content (AvgIpc) is 2.83. The smallest absolute Gasteiger partial charge is 0.118 e. The number of rotatable bonds is 7. The molecule has 3 heteroatoms. The normalized spacial score (nSPS) is 12.4. The van der Waals surface area contributed by atoms with Gasteiger partial charge in [-0.05, 0) is 62.6 Å². The van der Waals surface area contributed by atoms with Gasteiger partial charge in [-0.1, -0.05) is 19.1 Å². The summed E-state index contributed by atoms with van der Waals surface area (Å²) in [7, 11) is 1.71. The first kappa shape index (κ1) is 16.1. The Balaban J connectivity index is 2.17. The van der Waals surface area contributed by atoms with E-state index in [0.29, 0.717) is 6.04 Å². The van der Waals surface area contributed by atoms with Crippen molar-refractivity contribution in [1.82, 2.24) is 5.32 Å². The molecule has 114 valence electrons. The predicted octanol–water partition coefficient (Wildman–Crippen LogP) is 4.66. The first-order valence-corrected chi connectivity index (χ1v) is 8.39. The molecule has 1 aromatic heterocycles. The van der Waals surface area contributed by atoms with Gasteiger partial charge in [-0.2, -0.15) is 0 Å². The number of nitrogens with one attached hydrogen (secondary N) is 1. The second kappa shape index (κ2) is 7.62. The molecule has 0 radical (unpaired) electrons. The number of hydrogen-bond acceptors (Lipinski definition) is 3. The molecule has 2 aromatic rings. The van der Waals surface area contributed by atoms with Gasteiger partial charge in [0.1, 0.15) is 5.75 Å². The molecule has 1 heterocycles. The van der Waals surface area contributed by atoms with Crippen LogP contribution >= 0.6 is 11.3 Å². The lowest BCUT2D eigenvalue weighted by molar-refractivity contribution is 0.414. The lowest BCUT2D eigenvalue weighted by Gasteiger charge is -2.19. The quantitative estimate of drug-likeness (QED) is 0.803. The summed E-state index contributed by atoms with van der Waals surface area (Å²) in [4.78, 5) is 2.81. The van der Waals surface area contributed by atoms with Crippen LogP contribution in [0, 0.1) is 13.8 Å². The number of benzene rings is 1. The fourth-order valence-corrected chi connectivity index (χ4v) is 3.59. The third-order valence-electron chi connectivity index (χ3n) is 3.69. The van der Waals surface area contributed by atoms with Crippen LogP contribution < -0.4 is 10.1 Å². The maximum Gasteiger partial charge on any atom is 0.118 e. The third kappa shape index (κ3) is 4.32. The standard InChI is InChI=1S/C18H25NOS/c1-5-10-19-18(17-11-13(2)21-14(17)3)12-15-6-8-16(20-4)9-7-15/h6-9,11,18-19H,5,10,12H2,1-4H3. The first-order valence-electron chi connectivity index (χ1n) is 7.57. The number of thiophene rings is 1. The second-order valence-corrected chi connectivity index (χ2v) is 6.89. The fourth-order valence-electron chi connectivity index (χ4n) is 2.60. The van der Waals surface area contributed by atoms with Gasteiger partial charge < -0.3 is 10.1 Å². The van der Waals surface area contributed by atoms with Gasteiger partial charge >= 0.3 is 0 Å². The van der Waals surface area contributed by atoms with Gasteiger partial charge in [0.05, 0.1) is 7.11 Å². The van der Waals surface area contributed by atoms with Crippen molar-refractivity contribution in [3.63, 3.8) is 0 Å². The zero-order valence-electron chi connectivity index (χ0n) is 13.4. The van der Waals surface area contributed by atoms with Crippen molar-refractivity contribution in [2.75, 3.05) is 13.7 Å². The van der Waals surface area contributed by atoms with Gasteiger partial charge in [-0.15, -0.1) is 11.3 Å². The van der Waals surface area contributed by atoms with Gasteiger partial charge in [-0.3, -0.25) is 0 Å². The molecule has 1 atom stereocenters. The van der Waals surface area contributed by atoms with Crippen LogP contribution in [0.1, 0.15) is 40.3 Å². The van der Waals surface area contributed by atoms with Crippen molar-refractivity contribution in [1.29, 1.82) is 0 Å². The van der Waals surface area contributed by atoms with Crippen molar-refractivity contribution in [2.45, 2.75) is 39.7 Å². The van der Waals surface area contributed by atoms with Crippen molar-refractivity contribution >= 4 is 11.3 Å². The van der Waals surface area contributed by atoms with E-state index in [0.717, 1.165) is 25.1 Å². The summed E-state index contributed by atoms with van der Waals surface area (Å²) in [5.74, 6) is 0.916. The van der Waals surface area contributed by atoms with Crippen molar-refractivity contribution < 1.29 is 4.74 Å². The summed E-state index contributed by atoms with van der Waals surface area (Å²) >= 11 is 1.89. The van der Waals surface area contributed by atoms with Crippen molar-refractivity contribution in [3.05, 3.63) is 51.2 Å². The highest BCUT2D eigenvalue weighted by atomic mass is 32.1. The molecule has 0 spiro atoms. The van der Waals surface area contributed by atoms with Crippen LogP contribution in [0.15, 0.2) is 30.3 Å². The molecule has 0 aliphatic heterocycles. The zero-order chi connectivity index (χ0) is 15.2. The Kier molecular flexibility index (Phi) is 5.83. The van der Waals surface area contributed by atoms with Gasteiger partial charge in [0.2, 0.25) is 0 Å². The summed E-state index contributed by atoms with van der Waals surface area (Å²) in [6, 6.07) is 11.1. The Morgan fingerprint density at radius 1 is 1.19 bits per heavy atom. The highest BCUT2D eigenvalue weighted by Gasteiger charge is 2.16. The van der Waals surface area contributed by atoms with E-state index in [4.69, 9.17) is 4.74 Å². The van der Waals surface area contributed by atoms with Crippen LogP contribution in [0.4, 0.5) is 0 Å². The molecule has 2 nitrogen and oxygen atoms in total. The van der Waals surface area contributed by atoms with Gasteiger partial charge in [0.25, 0.3) is 0 Å². The summed E-state index contributed by atoms with van der Waals surface area (Å²) in [6.45, 7) is 7.67. The van der Waals surface area contributed by atoms with E-state index in [1.807, 2.05) is 23.5 Å². The molecule has 0 saturated carbocycles. The SMILES string of the molecule is CCCNC(Cc1ccc(OC)cc1)c1cc(C)sc1C. The summed E-state index contributed by atoms with van der Waals surface area (Å²) in [6.07, 6.45) is 2.17. The topological polar surface area (TPSA) is 21.3 Å². The zero-order valence-corrected chi connectivity index (χ0v) is 14.2. The maximum atomic E-state index is 5.23. The van der Waals surface area contributed by atoms with Gasteiger partial charge in [-0.25, -0.2) is 0 Å². The Labute approximate surface area is 132 Å². The van der Waals surface area contributed by atoms with E-state index in [2.05, 4.69) is 44.3 Å². The number of aryl methyl sites for hydroxylation is 2. The van der Waals surface area contributed by atoms with E-state index >= 15 is 0 Å². The van der Waals surface area contributed by atoms with Crippen LogP contribution in [0.5, 0.6) is 5.75 Å². The number of methoxy groups -OCH3 is 1. The molecule has 1 aromatic carbocycles. The molecule has 0 bridgehead atoms. The highest BCUT2D eigenvalue weighted by Crippen LogP contribution is 2.29. The largest absolute Gasteiger partial charge is 0.497 e. The monoisotopic (exact) mass is 303 g/mol. The Bertz CT molecular complexity index is 559. The first-order chi connectivity index (χ1) is 10.1. The Morgan fingerprint density at radius 3 is 2.43 bits per heavy atom. The predicted molar refractivity (Wildman–Crippen MR) is 91.5 cm³/mol. The van der Waals surface area contributed by atoms with Crippen LogP contribution in [-0.4, -0.2) is 13.7 Å². The van der Waals surface area contributed by atoms with Crippen LogP contribution in [0.25, 0.3) is 0 Å². The molecular weight excluding hydrogens is 278 g/mol. The van der Waals surface area contributed by atoms with Crippen LogP contribution in [0.3, 0.4) is 0 Å². The van der Waals surface area contributed by atoms with E-state index in [9.17, 15) is 0 Å². The Morgan fingerprint density at radius 2 is 1.90 bits per heavy atom. The minimum Gasteiger partial charge on any atom is -0.497 e. The maximum absolute atomic E-state index is 5.23. The summed E-state index contributed by atoms with van der Waals surface area (Å²) < 4.78 is 5.23. The molecule has 2 rings (SSSR count). The van der Waals surface area contributed by atoms with E-state index in [1.165, 1.54) is 20.9 Å². The number of hydrogen-bond donors (Lipinski definition) is 1. The highest BCUT2D eigenvalue weighted by molar-refractivity contribution is 7.12. The minimum atomic E-state index is 0.392.